The van der Waals surface area contributed by atoms with Crippen LogP contribution in [0.15, 0.2) is 52.2 Å². The normalized spacial score (nSPS) is 12.6. The van der Waals surface area contributed by atoms with E-state index in [1.807, 2.05) is 11.4 Å². The number of ether oxygens (including phenoxy) is 2. The number of halogens is 1. The highest BCUT2D eigenvalue weighted by Crippen LogP contribution is 2.32. The van der Waals surface area contributed by atoms with Gasteiger partial charge in [-0.05, 0) is 23.8 Å². The van der Waals surface area contributed by atoms with E-state index in [0.717, 1.165) is 4.34 Å². The van der Waals surface area contributed by atoms with Gasteiger partial charge in [0.25, 0.3) is 0 Å². The van der Waals surface area contributed by atoms with E-state index in [1.54, 1.807) is 30.3 Å². The summed E-state index contributed by atoms with van der Waals surface area (Å²) in [6.07, 6.45) is 0.172. The van der Waals surface area contributed by atoms with Crippen molar-refractivity contribution in [3.8, 4) is 11.5 Å². The molecule has 1 aliphatic heterocycles. The first-order chi connectivity index (χ1) is 13.7. The maximum absolute atomic E-state index is 13.7. The van der Waals surface area contributed by atoms with Gasteiger partial charge >= 0.3 is 0 Å². The molecule has 0 atom stereocenters. The van der Waals surface area contributed by atoms with Crippen molar-refractivity contribution in [2.24, 2.45) is 0 Å². The van der Waals surface area contributed by atoms with Gasteiger partial charge in [0.2, 0.25) is 5.91 Å². The van der Waals surface area contributed by atoms with Gasteiger partial charge in [0.15, 0.2) is 11.5 Å². The lowest BCUT2D eigenvalue weighted by atomic mass is 10.2. The molecule has 0 radical (unpaired) electrons. The van der Waals surface area contributed by atoms with E-state index >= 15 is 0 Å². The van der Waals surface area contributed by atoms with Gasteiger partial charge in [-0.2, -0.15) is 0 Å². The zero-order valence-corrected chi connectivity index (χ0v) is 16.4. The summed E-state index contributed by atoms with van der Waals surface area (Å²) in [5.74, 6) is 1.44. The molecule has 0 spiro atoms. The van der Waals surface area contributed by atoms with Crippen LogP contribution >= 0.6 is 23.1 Å². The molecule has 1 amide bonds. The number of carbonyl (C=O) groups excluding carboxylic acids is 1. The molecule has 0 bridgehead atoms. The highest BCUT2D eigenvalue weighted by Gasteiger charge is 2.14. The van der Waals surface area contributed by atoms with E-state index < -0.39 is 0 Å². The van der Waals surface area contributed by atoms with Crippen LogP contribution < -0.4 is 14.8 Å². The molecular weight excluding hydrogens is 399 g/mol. The minimum atomic E-state index is -0.217. The lowest BCUT2D eigenvalue weighted by Crippen LogP contribution is -2.17. The summed E-state index contributed by atoms with van der Waals surface area (Å²) in [4.78, 5) is 16.8. The number of aromatic nitrogens is 1. The Morgan fingerprint density at radius 3 is 2.86 bits per heavy atom. The Morgan fingerprint density at radius 1 is 1.18 bits per heavy atom. The van der Waals surface area contributed by atoms with Crippen molar-refractivity contribution in [2.45, 2.75) is 16.5 Å². The second-order valence-electron chi connectivity index (χ2n) is 6.07. The highest BCUT2D eigenvalue weighted by molar-refractivity contribution is 8.00. The van der Waals surface area contributed by atoms with Crippen LogP contribution in [-0.2, 0) is 17.0 Å². The monoisotopic (exact) mass is 416 g/mol. The fraction of sp³-hybridized carbons (Fsp3) is 0.200. The molecule has 5 nitrogen and oxygen atoms in total. The van der Waals surface area contributed by atoms with Crippen LogP contribution in [0.4, 0.5) is 10.1 Å². The molecule has 144 valence electrons. The number of hydrogen-bond donors (Lipinski definition) is 1. The zero-order valence-electron chi connectivity index (χ0n) is 14.8. The summed E-state index contributed by atoms with van der Waals surface area (Å²) < 4.78 is 25.5. The molecule has 28 heavy (non-hydrogen) atoms. The van der Waals surface area contributed by atoms with Gasteiger partial charge in [-0.15, -0.1) is 11.3 Å². The van der Waals surface area contributed by atoms with Crippen LogP contribution in [0.2, 0.25) is 0 Å². The SMILES string of the molecule is O=C(Cc1csc(SCc2ccccc2F)n1)Nc1ccc2c(c1)OCCO2. The standard InChI is InChI=1S/C20H17FN2O3S2/c21-16-4-2-1-3-13(16)11-27-20-23-15(12-28-20)10-19(24)22-14-5-6-17-18(9-14)26-8-7-25-17/h1-6,9,12H,7-8,10-11H2,(H,22,24). The molecule has 1 aliphatic rings. The van der Waals surface area contributed by atoms with E-state index in [1.165, 1.54) is 29.2 Å². The summed E-state index contributed by atoms with van der Waals surface area (Å²) in [5.41, 5.74) is 1.98. The van der Waals surface area contributed by atoms with Crippen molar-refractivity contribution in [1.82, 2.24) is 4.98 Å². The van der Waals surface area contributed by atoms with Gasteiger partial charge in [-0.25, -0.2) is 9.37 Å². The van der Waals surface area contributed by atoms with E-state index in [4.69, 9.17) is 9.47 Å². The average molecular weight is 416 g/mol. The zero-order chi connectivity index (χ0) is 19.3. The van der Waals surface area contributed by atoms with Crippen LogP contribution in [0.1, 0.15) is 11.3 Å². The molecule has 0 saturated heterocycles. The maximum atomic E-state index is 13.7. The molecule has 3 aromatic rings. The number of thiazole rings is 1. The Labute approximate surface area is 169 Å². The lowest BCUT2D eigenvalue weighted by Gasteiger charge is -2.18. The van der Waals surface area contributed by atoms with Crippen molar-refractivity contribution >= 4 is 34.7 Å². The molecule has 2 heterocycles. The van der Waals surface area contributed by atoms with Crippen LogP contribution in [0.5, 0.6) is 11.5 Å². The Bertz CT molecular complexity index is 993. The second-order valence-corrected chi connectivity index (χ2v) is 8.15. The summed E-state index contributed by atoms with van der Waals surface area (Å²) in [7, 11) is 0. The fourth-order valence-electron chi connectivity index (χ4n) is 2.68. The average Bonchev–Trinajstić information content (AvgIpc) is 3.14. The van der Waals surface area contributed by atoms with Crippen LogP contribution in [-0.4, -0.2) is 24.1 Å². The Kier molecular flexibility index (Phi) is 5.78. The van der Waals surface area contributed by atoms with E-state index in [9.17, 15) is 9.18 Å². The Morgan fingerprint density at radius 2 is 2.00 bits per heavy atom. The maximum Gasteiger partial charge on any atom is 0.230 e. The first-order valence-electron chi connectivity index (χ1n) is 8.67. The summed E-state index contributed by atoms with van der Waals surface area (Å²) >= 11 is 2.91. The smallest absolute Gasteiger partial charge is 0.230 e. The summed E-state index contributed by atoms with van der Waals surface area (Å²) in [6.45, 7) is 1.02. The molecule has 8 heteroatoms. The van der Waals surface area contributed by atoms with Crippen molar-refractivity contribution in [1.29, 1.82) is 0 Å². The van der Waals surface area contributed by atoms with Crippen molar-refractivity contribution in [3.63, 3.8) is 0 Å². The summed E-state index contributed by atoms with van der Waals surface area (Å²) in [5, 5.41) is 4.70. The quantitative estimate of drug-likeness (QED) is 0.599. The van der Waals surface area contributed by atoms with Gasteiger partial charge in [0, 0.05) is 22.9 Å². The molecule has 2 aromatic carbocycles. The number of hydrogen-bond acceptors (Lipinski definition) is 6. The van der Waals surface area contributed by atoms with E-state index in [2.05, 4.69) is 10.3 Å². The number of rotatable bonds is 6. The van der Waals surface area contributed by atoms with Crippen LogP contribution in [0.3, 0.4) is 0 Å². The molecule has 0 unspecified atom stereocenters. The number of fused-ring (bicyclic) bond motifs is 1. The van der Waals surface area contributed by atoms with Crippen LogP contribution in [0, 0.1) is 5.82 Å². The second kappa shape index (κ2) is 8.62. The molecule has 0 saturated carbocycles. The molecule has 0 aliphatic carbocycles. The minimum Gasteiger partial charge on any atom is -0.486 e. The number of nitrogens with one attached hydrogen (secondary N) is 1. The molecule has 1 N–H and O–H groups in total. The van der Waals surface area contributed by atoms with Crippen molar-refractivity contribution in [2.75, 3.05) is 18.5 Å². The Balaban J connectivity index is 1.32. The minimum absolute atomic E-state index is 0.160. The number of benzene rings is 2. The topological polar surface area (TPSA) is 60.5 Å². The third kappa shape index (κ3) is 4.63. The first kappa shape index (κ1) is 18.8. The number of nitrogens with zero attached hydrogens (tertiary/aromatic N) is 1. The fourth-order valence-corrected chi connectivity index (χ4v) is 4.51. The third-order valence-corrected chi connectivity index (χ3v) is 6.13. The van der Waals surface area contributed by atoms with E-state index in [-0.39, 0.29) is 18.1 Å². The molecular formula is C20H17FN2O3S2. The number of thioether (sulfide) groups is 1. The van der Waals surface area contributed by atoms with Gasteiger partial charge in [0.05, 0.1) is 12.1 Å². The highest BCUT2D eigenvalue weighted by atomic mass is 32.2. The van der Waals surface area contributed by atoms with Gasteiger partial charge in [-0.1, -0.05) is 30.0 Å². The predicted molar refractivity (Wildman–Crippen MR) is 108 cm³/mol. The Hall–Kier alpha value is -2.58. The third-order valence-electron chi connectivity index (χ3n) is 4.01. The molecule has 4 rings (SSSR count). The van der Waals surface area contributed by atoms with Crippen molar-refractivity contribution in [3.05, 3.63) is 64.9 Å². The van der Waals surface area contributed by atoms with Gasteiger partial charge in [0.1, 0.15) is 23.4 Å². The number of amides is 1. The molecule has 1 aromatic heterocycles. The number of anilines is 1. The van der Waals surface area contributed by atoms with Gasteiger partial charge in [-0.3, -0.25) is 4.79 Å². The van der Waals surface area contributed by atoms with E-state index in [0.29, 0.717) is 47.4 Å². The lowest BCUT2D eigenvalue weighted by molar-refractivity contribution is -0.115. The van der Waals surface area contributed by atoms with Crippen LogP contribution in [0.25, 0.3) is 0 Å². The number of carbonyl (C=O) groups is 1. The van der Waals surface area contributed by atoms with Crippen molar-refractivity contribution < 1.29 is 18.7 Å². The van der Waals surface area contributed by atoms with Gasteiger partial charge < -0.3 is 14.8 Å². The molecule has 0 fully saturated rings. The first-order valence-corrected chi connectivity index (χ1v) is 10.5. The summed E-state index contributed by atoms with van der Waals surface area (Å²) in [6, 6.07) is 12.0. The predicted octanol–water partition coefficient (Wildman–Crippen LogP) is 4.53. The largest absolute Gasteiger partial charge is 0.486 e.